The topological polar surface area (TPSA) is 52.3 Å². The van der Waals surface area contributed by atoms with Gasteiger partial charge in [-0.05, 0) is 32.6 Å². The standard InChI is InChI=1S/C11H21NO2/c1-11(2,12)8-10(13)7-9-3-5-14-6-4-9/h9H,3-8,12H2,1-2H3. The lowest BCUT2D eigenvalue weighted by molar-refractivity contribution is -0.121. The number of nitrogens with two attached hydrogens (primary N) is 1. The molecular weight excluding hydrogens is 178 g/mol. The maximum Gasteiger partial charge on any atom is 0.134 e. The number of hydrogen-bond acceptors (Lipinski definition) is 3. The van der Waals surface area contributed by atoms with Crippen molar-refractivity contribution in [2.45, 2.75) is 45.1 Å². The van der Waals surface area contributed by atoms with Gasteiger partial charge in [-0.1, -0.05) is 0 Å². The van der Waals surface area contributed by atoms with Crippen LogP contribution in [0.4, 0.5) is 0 Å². The van der Waals surface area contributed by atoms with E-state index in [1.165, 1.54) is 0 Å². The Morgan fingerprint density at radius 2 is 2.00 bits per heavy atom. The van der Waals surface area contributed by atoms with Crippen LogP contribution in [0.5, 0.6) is 0 Å². The minimum Gasteiger partial charge on any atom is -0.381 e. The van der Waals surface area contributed by atoms with E-state index in [9.17, 15) is 4.79 Å². The van der Waals surface area contributed by atoms with Gasteiger partial charge in [0.1, 0.15) is 5.78 Å². The van der Waals surface area contributed by atoms with E-state index < -0.39 is 0 Å². The van der Waals surface area contributed by atoms with Gasteiger partial charge in [0.15, 0.2) is 0 Å². The molecule has 0 aromatic rings. The molecule has 0 aromatic heterocycles. The maximum absolute atomic E-state index is 11.6. The van der Waals surface area contributed by atoms with Gasteiger partial charge in [-0.25, -0.2) is 0 Å². The van der Waals surface area contributed by atoms with Crippen LogP contribution in [0.3, 0.4) is 0 Å². The molecule has 2 N–H and O–H groups in total. The summed E-state index contributed by atoms with van der Waals surface area (Å²) in [5.74, 6) is 0.822. The molecule has 0 spiro atoms. The molecule has 82 valence electrons. The molecule has 0 atom stereocenters. The van der Waals surface area contributed by atoms with Crippen LogP contribution in [0.2, 0.25) is 0 Å². The fourth-order valence-electron chi connectivity index (χ4n) is 1.85. The van der Waals surface area contributed by atoms with Gasteiger partial charge in [0.05, 0.1) is 0 Å². The molecule has 1 aliphatic heterocycles. The van der Waals surface area contributed by atoms with Crippen LogP contribution in [0, 0.1) is 5.92 Å². The summed E-state index contributed by atoms with van der Waals surface area (Å²) < 4.78 is 5.25. The van der Waals surface area contributed by atoms with Crippen molar-refractivity contribution in [3.8, 4) is 0 Å². The van der Waals surface area contributed by atoms with Crippen LogP contribution in [-0.2, 0) is 9.53 Å². The van der Waals surface area contributed by atoms with Gasteiger partial charge in [0, 0.05) is 31.6 Å². The van der Waals surface area contributed by atoms with Crippen molar-refractivity contribution in [1.82, 2.24) is 0 Å². The Labute approximate surface area is 86.0 Å². The number of rotatable bonds is 4. The fourth-order valence-corrected chi connectivity index (χ4v) is 1.85. The van der Waals surface area contributed by atoms with Gasteiger partial charge in [0.2, 0.25) is 0 Å². The SMILES string of the molecule is CC(C)(N)CC(=O)CC1CCOCC1. The molecule has 3 nitrogen and oxygen atoms in total. The molecule has 0 saturated carbocycles. The molecule has 0 unspecified atom stereocenters. The number of carbonyl (C=O) groups is 1. The minimum atomic E-state index is -0.359. The summed E-state index contributed by atoms with van der Waals surface area (Å²) in [6, 6.07) is 0. The highest BCUT2D eigenvalue weighted by Gasteiger charge is 2.21. The molecule has 0 amide bonds. The lowest BCUT2D eigenvalue weighted by atomic mass is 9.89. The molecule has 0 radical (unpaired) electrons. The second kappa shape index (κ2) is 4.89. The van der Waals surface area contributed by atoms with Gasteiger partial charge in [-0.3, -0.25) is 4.79 Å². The average Bonchev–Trinajstić information content (AvgIpc) is 2.02. The van der Waals surface area contributed by atoms with Crippen LogP contribution >= 0.6 is 0 Å². The predicted octanol–water partition coefficient (Wildman–Crippen LogP) is 1.50. The van der Waals surface area contributed by atoms with E-state index in [0.29, 0.717) is 24.5 Å². The summed E-state index contributed by atoms with van der Waals surface area (Å²) in [5.41, 5.74) is 5.44. The third-order valence-electron chi connectivity index (χ3n) is 2.51. The third kappa shape index (κ3) is 4.72. The zero-order valence-corrected chi connectivity index (χ0v) is 9.21. The molecule has 14 heavy (non-hydrogen) atoms. The summed E-state index contributed by atoms with van der Waals surface area (Å²) in [6.07, 6.45) is 3.22. The maximum atomic E-state index is 11.6. The van der Waals surface area contributed by atoms with Crippen LogP contribution in [0.1, 0.15) is 39.5 Å². The average molecular weight is 199 g/mol. The van der Waals surface area contributed by atoms with Crippen LogP contribution in [-0.4, -0.2) is 24.5 Å². The number of hydrogen-bond donors (Lipinski definition) is 1. The molecular formula is C11H21NO2. The molecule has 1 saturated heterocycles. The summed E-state index contributed by atoms with van der Waals surface area (Å²) in [5, 5.41) is 0. The summed E-state index contributed by atoms with van der Waals surface area (Å²) in [7, 11) is 0. The Hall–Kier alpha value is -0.410. The van der Waals surface area contributed by atoms with Crippen molar-refractivity contribution in [2.75, 3.05) is 13.2 Å². The van der Waals surface area contributed by atoms with E-state index in [2.05, 4.69) is 0 Å². The first kappa shape index (κ1) is 11.7. The van der Waals surface area contributed by atoms with Crippen LogP contribution < -0.4 is 5.73 Å². The van der Waals surface area contributed by atoms with E-state index in [0.717, 1.165) is 26.1 Å². The van der Waals surface area contributed by atoms with E-state index in [1.54, 1.807) is 0 Å². The monoisotopic (exact) mass is 199 g/mol. The van der Waals surface area contributed by atoms with Gasteiger partial charge in [0.25, 0.3) is 0 Å². The van der Waals surface area contributed by atoms with Crippen molar-refractivity contribution in [1.29, 1.82) is 0 Å². The van der Waals surface area contributed by atoms with Crippen molar-refractivity contribution in [3.05, 3.63) is 0 Å². The summed E-state index contributed by atoms with van der Waals surface area (Å²) in [6.45, 7) is 5.41. The zero-order valence-electron chi connectivity index (χ0n) is 9.21. The predicted molar refractivity (Wildman–Crippen MR) is 56.1 cm³/mol. The van der Waals surface area contributed by atoms with E-state index in [1.807, 2.05) is 13.8 Å². The van der Waals surface area contributed by atoms with Crippen molar-refractivity contribution < 1.29 is 9.53 Å². The largest absolute Gasteiger partial charge is 0.381 e. The Balaban J connectivity index is 2.25. The van der Waals surface area contributed by atoms with Crippen molar-refractivity contribution in [2.24, 2.45) is 11.7 Å². The molecule has 0 bridgehead atoms. The summed E-state index contributed by atoms with van der Waals surface area (Å²) >= 11 is 0. The quantitative estimate of drug-likeness (QED) is 0.746. The van der Waals surface area contributed by atoms with Gasteiger partial charge >= 0.3 is 0 Å². The zero-order chi connectivity index (χ0) is 10.6. The van der Waals surface area contributed by atoms with Gasteiger partial charge in [-0.15, -0.1) is 0 Å². The van der Waals surface area contributed by atoms with Gasteiger partial charge < -0.3 is 10.5 Å². The second-order valence-electron chi connectivity index (χ2n) is 4.96. The van der Waals surface area contributed by atoms with E-state index in [-0.39, 0.29) is 5.54 Å². The Morgan fingerprint density at radius 1 is 1.43 bits per heavy atom. The fraction of sp³-hybridized carbons (Fsp3) is 0.909. The lowest BCUT2D eigenvalue weighted by Gasteiger charge is -2.23. The normalized spacial score (nSPS) is 19.6. The molecule has 1 heterocycles. The second-order valence-corrected chi connectivity index (χ2v) is 4.96. The third-order valence-corrected chi connectivity index (χ3v) is 2.51. The highest BCUT2D eigenvalue weighted by Crippen LogP contribution is 2.20. The minimum absolute atomic E-state index is 0.296. The highest BCUT2D eigenvalue weighted by atomic mass is 16.5. The Morgan fingerprint density at radius 3 is 2.50 bits per heavy atom. The molecule has 1 fully saturated rings. The molecule has 3 heteroatoms. The number of ketones is 1. The van der Waals surface area contributed by atoms with Crippen LogP contribution in [0.25, 0.3) is 0 Å². The molecule has 0 aromatic carbocycles. The van der Waals surface area contributed by atoms with Gasteiger partial charge in [-0.2, -0.15) is 0 Å². The molecule has 0 aliphatic carbocycles. The Kier molecular flexibility index (Phi) is 4.08. The van der Waals surface area contributed by atoms with E-state index >= 15 is 0 Å². The number of Topliss-reactive ketones (excluding diaryl/α,β-unsaturated/α-hetero) is 1. The van der Waals surface area contributed by atoms with E-state index in [4.69, 9.17) is 10.5 Å². The Bertz CT molecular complexity index is 190. The lowest BCUT2D eigenvalue weighted by Crippen LogP contribution is -2.35. The first-order valence-electron chi connectivity index (χ1n) is 5.36. The molecule has 1 rings (SSSR count). The smallest absolute Gasteiger partial charge is 0.134 e. The first-order valence-corrected chi connectivity index (χ1v) is 5.36. The van der Waals surface area contributed by atoms with Crippen molar-refractivity contribution in [3.63, 3.8) is 0 Å². The summed E-state index contributed by atoms with van der Waals surface area (Å²) in [4.78, 5) is 11.6. The first-order chi connectivity index (χ1) is 6.47. The number of ether oxygens (including phenoxy) is 1. The van der Waals surface area contributed by atoms with Crippen LogP contribution in [0.15, 0.2) is 0 Å². The van der Waals surface area contributed by atoms with Crippen molar-refractivity contribution >= 4 is 5.78 Å². The molecule has 1 aliphatic rings. The highest BCUT2D eigenvalue weighted by molar-refractivity contribution is 5.79. The number of carbonyl (C=O) groups excluding carboxylic acids is 1.